The number of aryl methyl sites for hydroxylation is 2. The van der Waals surface area contributed by atoms with Crippen molar-refractivity contribution in [3.8, 4) is 22.8 Å². The summed E-state index contributed by atoms with van der Waals surface area (Å²) in [6.07, 6.45) is -2.28. The Bertz CT molecular complexity index is 1730. The molecular weight excluding hydrogens is 549 g/mol. The van der Waals surface area contributed by atoms with Crippen molar-refractivity contribution in [2.75, 3.05) is 25.7 Å². The van der Waals surface area contributed by atoms with Crippen molar-refractivity contribution in [1.82, 2.24) is 19.1 Å². The van der Waals surface area contributed by atoms with E-state index in [2.05, 4.69) is 9.97 Å². The molecule has 0 bridgehead atoms. The van der Waals surface area contributed by atoms with E-state index in [1.54, 1.807) is 19.9 Å². The molecular formula is C27H29F3N4O5S. The highest BCUT2D eigenvalue weighted by molar-refractivity contribution is 7.90. The Morgan fingerprint density at radius 2 is 1.77 bits per heavy atom. The Morgan fingerprint density at radius 1 is 1.07 bits per heavy atom. The van der Waals surface area contributed by atoms with E-state index in [0.29, 0.717) is 15.7 Å². The summed E-state index contributed by atoms with van der Waals surface area (Å²) in [5, 5.41) is 0. The van der Waals surface area contributed by atoms with E-state index in [9.17, 15) is 26.4 Å². The molecule has 0 radical (unpaired) electrons. The van der Waals surface area contributed by atoms with E-state index in [4.69, 9.17) is 9.47 Å². The lowest BCUT2D eigenvalue weighted by Crippen LogP contribution is -2.34. The van der Waals surface area contributed by atoms with Crippen LogP contribution in [0.1, 0.15) is 29.8 Å². The first kappa shape index (κ1) is 29.1. The Labute approximate surface area is 229 Å². The standard InChI is InChI=1S/C27H29F3N4O5S/c1-6-39-25-22(38-4)12-11-20(32-25)21(14-40(5,36)37)34-24-23(33(26(34)35)15-27(28,29)30)17(3)19(13-31-24)18-10-8-7-9-16(18)2/h7-13,21H,6,14-15H2,1-5H3/t21-/m1/s1. The maximum absolute atomic E-state index is 13.8. The zero-order valence-electron chi connectivity index (χ0n) is 22.6. The molecule has 4 aromatic rings. The minimum absolute atomic E-state index is 0.0416. The minimum atomic E-state index is -4.74. The first-order valence-corrected chi connectivity index (χ1v) is 14.4. The second-order valence-electron chi connectivity index (χ2n) is 9.42. The molecule has 1 atom stereocenters. The predicted molar refractivity (Wildman–Crippen MR) is 145 cm³/mol. The third kappa shape index (κ3) is 5.83. The maximum Gasteiger partial charge on any atom is 0.406 e. The van der Waals surface area contributed by atoms with E-state index in [0.717, 1.165) is 21.9 Å². The van der Waals surface area contributed by atoms with Gasteiger partial charge in [0.15, 0.2) is 11.4 Å². The van der Waals surface area contributed by atoms with Crippen molar-refractivity contribution < 1.29 is 31.1 Å². The lowest BCUT2D eigenvalue weighted by atomic mass is 9.98. The van der Waals surface area contributed by atoms with Gasteiger partial charge >= 0.3 is 11.9 Å². The summed E-state index contributed by atoms with van der Waals surface area (Å²) < 4.78 is 78.7. The maximum atomic E-state index is 13.8. The molecule has 9 nitrogen and oxygen atoms in total. The molecule has 1 aromatic carbocycles. The van der Waals surface area contributed by atoms with Gasteiger partial charge in [-0.3, -0.25) is 9.13 Å². The molecule has 0 amide bonds. The molecule has 40 heavy (non-hydrogen) atoms. The van der Waals surface area contributed by atoms with Gasteiger partial charge in [0.25, 0.3) is 5.88 Å². The fourth-order valence-corrected chi connectivity index (χ4v) is 5.64. The number of ether oxygens (including phenoxy) is 2. The SMILES string of the molecule is CCOc1nc([C@@H](CS(C)(=O)=O)n2c(=O)n(CC(F)(F)F)c3c(C)c(-c4ccccc4C)cnc32)ccc1OC. The summed E-state index contributed by atoms with van der Waals surface area (Å²) in [5.74, 6) is -0.296. The second-order valence-corrected chi connectivity index (χ2v) is 11.6. The van der Waals surface area contributed by atoms with Gasteiger partial charge < -0.3 is 9.47 Å². The summed E-state index contributed by atoms with van der Waals surface area (Å²) >= 11 is 0. The van der Waals surface area contributed by atoms with Crippen LogP contribution in [-0.4, -0.2) is 59.4 Å². The summed E-state index contributed by atoms with van der Waals surface area (Å²) in [6, 6.07) is 8.96. The van der Waals surface area contributed by atoms with E-state index in [1.807, 2.05) is 25.1 Å². The number of fused-ring (bicyclic) bond motifs is 1. The number of methoxy groups -OCH3 is 1. The second kappa shape index (κ2) is 11.0. The average molecular weight is 579 g/mol. The van der Waals surface area contributed by atoms with E-state index in [1.165, 1.54) is 25.4 Å². The van der Waals surface area contributed by atoms with Crippen molar-refractivity contribution in [1.29, 1.82) is 0 Å². The number of sulfone groups is 1. The molecule has 13 heteroatoms. The van der Waals surface area contributed by atoms with Crippen LogP contribution >= 0.6 is 0 Å². The Kier molecular flexibility index (Phi) is 7.97. The van der Waals surface area contributed by atoms with Crippen molar-refractivity contribution >= 4 is 21.0 Å². The predicted octanol–water partition coefficient (Wildman–Crippen LogP) is 4.48. The van der Waals surface area contributed by atoms with E-state index in [-0.39, 0.29) is 35.1 Å². The molecule has 0 saturated carbocycles. The molecule has 4 rings (SSSR count). The Morgan fingerprint density at radius 3 is 2.38 bits per heavy atom. The third-order valence-corrected chi connectivity index (χ3v) is 7.38. The van der Waals surface area contributed by atoms with E-state index < -0.39 is 40.0 Å². The van der Waals surface area contributed by atoms with Gasteiger partial charge in [-0.25, -0.2) is 23.2 Å². The fraction of sp³-hybridized carbons (Fsp3) is 0.370. The van der Waals surface area contributed by atoms with Gasteiger partial charge in [-0.15, -0.1) is 0 Å². The molecule has 0 spiro atoms. The fourth-order valence-electron chi connectivity index (χ4n) is 4.75. The number of benzene rings is 1. The summed E-state index contributed by atoms with van der Waals surface area (Å²) in [6.45, 7) is 3.83. The van der Waals surface area contributed by atoms with Gasteiger partial charge in [0.1, 0.15) is 16.4 Å². The molecule has 0 saturated heterocycles. The smallest absolute Gasteiger partial charge is 0.406 e. The van der Waals surface area contributed by atoms with Crippen molar-refractivity contribution in [2.24, 2.45) is 0 Å². The molecule has 0 fully saturated rings. The van der Waals surface area contributed by atoms with Crippen molar-refractivity contribution in [3.05, 3.63) is 69.9 Å². The van der Waals surface area contributed by atoms with Crippen LogP contribution in [0.3, 0.4) is 0 Å². The molecule has 214 valence electrons. The topological polar surface area (TPSA) is 105 Å². The average Bonchev–Trinajstić information content (AvgIpc) is 3.13. The molecule has 3 heterocycles. The first-order valence-electron chi connectivity index (χ1n) is 12.3. The molecule has 0 aliphatic heterocycles. The number of nitrogens with zero attached hydrogens (tertiary/aromatic N) is 4. The summed E-state index contributed by atoms with van der Waals surface area (Å²) in [7, 11) is -2.37. The largest absolute Gasteiger partial charge is 0.491 e. The Balaban J connectivity index is 2.07. The highest BCUT2D eigenvalue weighted by Gasteiger charge is 2.35. The number of hydrogen-bond donors (Lipinski definition) is 0. The van der Waals surface area contributed by atoms with Gasteiger partial charge in [-0.1, -0.05) is 24.3 Å². The monoisotopic (exact) mass is 578 g/mol. The van der Waals surface area contributed by atoms with Crippen LogP contribution in [0.15, 0.2) is 47.4 Å². The number of halogens is 3. The van der Waals surface area contributed by atoms with Crippen LogP contribution in [-0.2, 0) is 16.4 Å². The summed E-state index contributed by atoms with van der Waals surface area (Å²) in [5.41, 5.74) is 1.47. The molecule has 0 N–H and O–H groups in total. The number of hydrogen-bond acceptors (Lipinski definition) is 7. The van der Waals surface area contributed by atoms with Crippen molar-refractivity contribution in [2.45, 2.75) is 39.5 Å². The van der Waals surface area contributed by atoms with Crippen LogP contribution in [0.2, 0.25) is 0 Å². The highest BCUT2D eigenvalue weighted by Crippen LogP contribution is 2.34. The zero-order valence-corrected chi connectivity index (χ0v) is 23.4. The number of imidazole rings is 1. The number of rotatable bonds is 9. The third-order valence-electron chi connectivity index (χ3n) is 6.46. The number of alkyl halides is 3. The molecule has 3 aromatic heterocycles. The molecule has 0 aliphatic rings. The highest BCUT2D eigenvalue weighted by atomic mass is 32.2. The van der Waals surface area contributed by atoms with Gasteiger partial charge in [-0.05, 0) is 49.6 Å². The lowest BCUT2D eigenvalue weighted by Gasteiger charge is -2.19. The van der Waals surface area contributed by atoms with Crippen LogP contribution in [0.4, 0.5) is 13.2 Å². The van der Waals surface area contributed by atoms with Gasteiger partial charge in [0.05, 0.1) is 36.7 Å². The van der Waals surface area contributed by atoms with Crippen LogP contribution in [0.25, 0.3) is 22.3 Å². The first-order chi connectivity index (χ1) is 18.8. The van der Waals surface area contributed by atoms with Crippen molar-refractivity contribution in [3.63, 3.8) is 0 Å². The number of aromatic nitrogens is 4. The van der Waals surface area contributed by atoms with Gasteiger partial charge in [0.2, 0.25) is 0 Å². The number of pyridine rings is 2. The Hall–Kier alpha value is -3.87. The lowest BCUT2D eigenvalue weighted by molar-refractivity contribution is -0.140. The summed E-state index contributed by atoms with van der Waals surface area (Å²) in [4.78, 5) is 22.6. The van der Waals surface area contributed by atoms with Crippen LogP contribution in [0, 0.1) is 13.8 Å². The molecule has 0 unspecified atom stereocenters. The minimum Gasteiger partial charge on any atom is -0.491 e. The van der Waals surface area contributed by atoms with Crippen LogP contribution < -0.4 is 15.2 Å². The quantitative estimate of drug-likeness (QED) is 0.288. The van der Waals surface area contributed by atoms with E-state index >= 15 is 0 Å². The normalized spacial score (nSPS) is 13.0. The van der Waals surface area contributed by atoms with Gasteiger partial charge in [-0.2, -0.15) is 13.2 Å². The zero-order chi connectivity index (χ0) is 29.4. The van der Waals surface area contributed by atoms with Gasteiger partial charge in [0, 0.05) is 18.0 Å². The molecule has 0 aliphatic carbocycles. The van der Waals surface area contributed by atoms with Crippen LogP contribution in [0.5, 0.6) is 11.6 Å².